The third-order valence-electron chi connectivity index (χ3n) is 4.65. The van der Waals surface area contributed by atoms with Crippen molar-refractivity contribution in [2.24, 2.45) is 11.3 Å². The van der Waals surface area contributed by atoms with Crippen molar-refractivity contribution in [2.75, 3.05) is 5.32 Å². The standard InChI is InChI=1S/C20H22N4O2S/c1-11-6-7-12(2)16(8-11)23-17(25)13(3)27-19-15(10-22)20(4,5)14(9-21)18(26)24-19/h6-8,13-14H,1-5H3,(H,23,25)(H,24,26)/t13-,14+/m0/s1. The first-order valence-corrected chi connectivity index (χ1v) is 9.40. The Morgan fingerprint density at radius 2 is 2.00 bits per heavy atom. The van der Waals surface area contributed by atoms with Crippen LogP contribution in [0.5, 0.6) is 0 Å². The van der Waals surface area contributed by atoms with E-state index in [1.807, 2.05) is 38.1 Å². The van der Waals surface area contributed by atoms with Crippen LogP contribution < -0.4 is 10.6 Å². The summed E-state index contributed by atoms with van der Waals surface area (Å²) >= 11 is 1.11. The van der Waals surface area contributed by atoms with Gasteiger partial charge in [-0.3, -0.25) is 9.59 Å². The average molecular weight is 382 g/mol. The smallest absolute Gasteiger partial charge is 0.243 e. The maximum Gasteiger partial charge on any atom is 0.243 e. The minimum Gasteiger partial charge on any atom is -0.325 e. The predicted octanol–water partition coefficient (Wildman–Crippen LogP) is 3.39. The molecule has 0 radical (unpaired) electrons. The number of anilines is 1. The fourth-order valence-corrected chi connectivity index (χ4v) is 3.96. The Hall–Kier alpha value is -2.77. The summed E-state index contributed by atoms with van der Waals surface area (Å²) in [6, 6.07) is 9.87. The highest BCUT2D eigenvalue weighted by molar-refractivity contribution is 8.04. The van der Waals surface area contributed by atoms with Crippen molar-refractivity contribution < 1.29 is 9.59 Å². The minimum atomic E-state index is -0.949. The second-order valence-corrected chi connectivity index (χ2v) is 8.51. The maximum atomic E-state index is 12.6. The number of nitrogens with one attached hydrogen (secondary N) is 2. The van der Waals surface area contributed by atoms with Crippen LogP contribution in [0.15, 0.2) is 28.8 Å². The summed E-state index contributed by atoms with van der Waals surface area (Å²) in [6.45, 7) is 8.96. The van der Waals surface area contributed by atoms with Gasteiger partial charge in [0.05, 0.1) is 28.0 Å². The number of hydrogen-bond donors (Lipinski definition) is 2. The molecular weight excluding hydrogens is 360 g/mol. The van der Waals surface area contributed by atoms with Crippen molar-refractivity contribution in [1.82, 2.24) is 5.32 Å². The molecule has 2 atom stereocenters. The number of benzene rings is 1. The Labute approximate surface area is 163 Å². The van der Waals surface area contributed by atoms with Gasteiger partial charge in [0.25, 0.3) is 0 Å². The van der Waals surface area contributed by atoms with E-state index in [0.29, 0.717) is 10.6 Å². The third kappa shape index (κ3) is 4.15. The summed E-state index contributed by atoms with van der Waals surface area (Å²) in [5.41, 5.74) is 2.11. The molecule has 6 nitrogen and oxygen atoms in total. The van der Waals surface area contributed by atoms with E-state index in [0.717, 1.165) is 28.6 Å². The molecule has 0 aromatic heterocycles. The molecule has 1 heterocycles. The molecule has 2 rings (SSSR count). The highest BCUT2D eigenvalue weighted by Gasteiger charge is 2.45. The van der Waals surface area contributed by atoms with Crippen LogP contribution in [0.1, 0.15) is 31.9 Å². The van der Waals surface area contributed by atoms with Crippen molar-refractivity contribution in [1.29, 1.82) is 10.5 Å². The van der Waals surface area contributed by atoms with Crippen molar-refractivity contribution in [3.8, 4) is 12.1 Å². The van der Waals surface area contributed by atoms with Crippen LogP contribution in [0.25, 0.3) is 0 Å². The Morgan fingerprint density at radius 3 is 2.59 bits per heavy atom. The second-order valence-electron chi connectivity index (χ2n) is 7.16. The second kappa shape index (κ2) is 7.85. The average Bonchev–Trinajstić information content (AvgIpc) is 2.57. The number of nitriles is 2. The van der Waals surface area contributed by atoms with Crippen molar-refractivity contribution in [3.05, 3.63) is 39.9 Å². The number of aryl methyl sites for hydroxylation is 2. The fourth-order valence-electron chi connectivity index (χ4n) is 2.85. The quantitative estimate of drug-likeness (QED) is 0.830. The number of carbonyl (C=O) groups is 2. The summed E-state index contributed by atoms with van der Waals surface area (Å²) in [6.07, 6.45) is 0. The van der Waals surface area contributed by atoms with Gasteiger partial charge in [-0.2, -0.15) is 10.5 Å². The first-order chi connectivity index (χ1) is 12.6. The van der Waals surface area contributed by atoms with Crippen LogP contribution in [0.2, 0.25) is 0 Å². The van der Waals surface area contributed by atoms with Gasteiger partial charge in [-0.15, -0.1) is 0 Å². The molecule has 1 aromatic rings. The summed E-state index contributed by atoms with van der Waals surface area (Å²) in [4.78, 5) is 24.9. The van der Waals surface area contributed by atoms with Crippen LogP contribution in [0.3, 0.4) is 0 Å². The lowest BCUT2D eigenvalue weighted by Crippen LogP contribution is -2.45. The van der Waals surface area contributed by atoms with Gasteiger partial charge in [-0.1, -0.05) is 37.7 Å². The van der Waals surface area contributed by atoms with Gasteiger partial charge >= 0.3 is 0 Å². The summed E-state index contributed by atoms with van der Waals surface area (Å²) in [5.74, 6) is -1.63. The predicted molar refractivity (Wildman–Crippen MR) is 105 cm³/mol. The number of hydrogen-bond acceptors (Lipinski definition) is 5. The molecule has 0 saturated heterocycles. The molecule has 0 unspecified atom stereocenters. The lowest BCUT2D eigenvalue weighted by molar-refractivity contribution is -0.125. The van der Waals surface area contributed by atoms with Gasteiger partial charge in [-0.25, -0.2) is 0 Å². The van der Waals surface area contributed by atoms with E-state index in [-0.39, 0.29) is 5.91 Å². The van der Waals surface area contributed by atoms with Crippen LogP contribution in [0, 0.1) is 47.8 Å². The molecule has 1 aliphatic rings. The van der Waals surface area contributed by atoms with Crippen molar-refractivity contribution in [2.45, 2.75) is 39.9 Å². The zero-order valence-electron chi connectivity index (χ0n) is 16.0. The zero-order chi connectivity index (χ0) is 20.4. The fraction of sp³-hybridized carbons (Fsp3) is 0.400. The highest BCUT2D eigenvalue weighted by atomic mass is 32.2. The van der Waals surface area contributed by atoms with Crippen molar-refractivity contribution >= 4 is 29.3 Å². The molecule has 0 bridgehead atoms. The van der Waals surface area contributed by atoms with E-state index in [2.05, 4.69) is 16.7 Å². The summed E-state index contributed by atoms with van der Waals surface area (Å²) in [5, 5.41) is 24.1. The van der Waals surface area contributed by atoms with Crippen LogP contribution >= 0.6 is 11.8 Å². The van der Waals surface area contributed by atoms with E-state index >= 15 is 0 Å². The lowest BCUT2D eigenvalue weighted by atomic mass is 9.72. The summed E-state index contributed by atoms with van der Waals surface area (Å²) in [7, 11) is 0. The van der Waals surface area contributed by atoms with E-state index in [4.69, 9.17) is 0 Å². The van der Waals surface area contributed by atoms with E-state index in [9.17, 15) is 20.1 Å². The Kier molecular flexibility index (Phi) is 5.98. The van der Waals surface area contributed by atoms with E-state index in [1.54, 1.807) is 20.8 Å². The number of allylic oxidation sites excluding steroid dienone is 1. The number of carbonyl (C=O) groups excluding carboxylic acids is 2. The largest absolute Gasteiger partial charge is 0.325 e. The normalized spacial score (nSPS) is 19.5. The molecule has 1 aliphatic heterocycles. The lowest BCUT2D eigenvalue weighted by Gasteiger charge is -2.35. The molecule has 7 heteroatoms. The molecule has 0 saturated carbocycles. The van der Waals surface area contributed by atoms with Gasteiger partial charge in [0.15, 0.2) is 0 Å². The molecule has 27 heavy (non-hydrogen) atoms. The Morgan fingerprint density at radius 1 is 1.33 bits per heavy atom. The maximum absolute atomic E-state index is 12.6. The highest BCUT2D eigenvalue weighted by Crippen LogP contribution is 2.42. The molecular formula is C20H22N4O2S. The monoisotopic (exact) mass is 382 g/mol. The zero-order valence-corrected chi connectivity index (χ0v) is 16.8. The van der Waals surface area contributed by atoms with Gasteiger partial charge in [0, 0.05) is 11.1 Å². The molecule has 0 fully saturated rings. The van der Waals surface area contributed by atoms with Crippen LogP contribution in [0.4, 0.5) is 5.69 Å². The molecule has 2 amide bonds. The van der Waals surface area contributed by atoms with E-state index in [1.165, 1.54) is 0 Å². The van der Waals surface area contributed by atoms with E-state index < -0.39 is 22.5 Å². The van der Waals surface area contributed by atoms with Crippen molar-refractivity contribution in [3.63, 3.8) is 0 Å². The van der Waals surface area contributed by atoms with Crippen LogP contribution in [-0.2, 0) is 9.59 Å². The summed E-state index contributed by atoms with van der Waals surface area (Å²) < 4.78 is 0. The number of amides is 2. The topological polar surface area (TPSA) is 106 Å². The number of thioether (sulfide) groups is 1. The molecule has 0 spiro atoms. The first kappa shape index (κ1) is 20.5. The molecule has 140 valence electrons. The SMILES string of the molecule is Cc1ccc(C)c(NC(=O)[C@H](C)SC2=C(C#N)C(C)(C)[C@H](C#N)C(=O)N2)c1. The molecule has 1 aromatic carbocycles. The Bertz CT molecular complexity index is 906. The molecule has 0 aliphatic carbocycles. The molecule has 2 N–H and O–H groups in total. The number of nitrogens with zero attached hydrogens (tertiary/aromatic N) is 2. The van der Waals surface area contributed by atoms with Gasteiger partial charge in [-0.05, 0) is 38.0 Å². The van der Waals surface area contributed by atoms with Crippen LogP contribution in [-0.4, -0.2) is 17.1 Å². The van der Waals surface area contributed by atoms with Gasteiger partial charge in [0.2, 0.25) is 11.8 Å². The van der Waals surface area contributed by atoms with Gasteiger partial charge in [0.1, 0.15) is 5.92 Å². The minimum absolute atomic E-state index is 0.229. The van der Waals surface area contributed by atoms with Gasteiger partial charge < -0.3 is 10.6 Å². The first-order valence-electron chi connectivity index (χ1n) is 8.52. The Balaban J connectivity index is 2.24. The number of rotatable bonds is 4. The third-order valence-corrected chi connectivity index (χ3v) is 5.76.